The van der Waals surface area contributed by atoms with Gasteiger partial charge in [0.15, 0.2) is 6.10 Å². The number of nitrogens with one attached hydrogen (secondary N) is 1. The van der Waals surface area contributed by atoms with Gasteiger partial charge in [-0.2, -0.15) is 0 Å². The largest absolute Gasteiger partial charge is 0.495 e. The first-order chi connectivity index (χ1) is 10.5. The van der Waals surface area contributed by atoms with Gasteiger partial charge in [0.1, 0.15) is 10.6 Å². The van der Waals surface area contributed by atoms with Gasteiger partial charge in [0.05, 0.1) is 12.8 Å². The molecule has 6 heteroatoms. The Morgan fingerprint density at radius 2 is 1.95 bits per heavy atom. The molecule has 1 amide bonds. The van der Waals surface area contributed by atoms with E-state index in [0.29, 0.717) is 16.3 Å². The Morgan fingerprint density at radius 1 is 1.23 bits per heavy atom. The molecule has 2 rings (SSSR count). The van der Waals surface area contributed by atoms with Crippen molar-refractivity contribution in [2.45, 2.75) is 20.0 Å². The summed E-state index contributed by atoms with van der Waals surface area (Å²) >= 11 is 1.30. The zero-order valence-electron chi connectivity index (χ0n) is 12.6. The Kier molecular flexibility index (Phi) is 5.16. The molecule has 1 N–H and O–H groups in total. The van der Waals surface area contributed by atoms with Crippen LogP contribution in [-0.4, -0.2) is 25.1 Å². The van der Waals surface area contributed by atoms with Gasteiger partial charge in [-0.25, -0.2) is 4.79 Å². The van der Waals surface area contributed by atoms with E-state index in [1.54, 1.807) is 24.3 Å². The van der Waals surface area contributed by atoms with E-state index in [9.17, 15) is 9.59 Å². The molecule has 0 unspecified atom stereocenters. The highest BCUT2D eigenvalue weighted by atomic mass is 32.1. The van der Waals surface area contributed by atoms with Crippen LogP contribution in [0.2, 0.25) is 0 Å². The first-order valence-electron chi connectivity index (χ1n) is 6.72. The van der Waals surface area contributed by atoms with Crippen molar-refractivity contribution >= 4 is 28.9 Å². The number of esters is 1. The Labute approximate surface area is 132 Å². The molecule has 1 aromatic heterocycles. The number of hydrogen-bond acceptors (Lipinski definition) is 5. The maximum Gasteiger partial charge on any atom is 0.349 e. The molecule has 0 bridgehead atoms. The minimum Gasteiger partial charge on any atom is -0.495 e. The second kappa shape index (κ2) is 7.09. The van der Waals surface area contributed by atoms with Crippen LogP contribution in [0.4, 0.5) is 5.69 Å². The first kappa shape index (κ1) is 16.0. The summed E-state index contributed by atoms with van der Waals surface area (Å²) in [4.78, 5) is 24.6. The van der Waals surface area contributed by atoms with Crippen molar-refractivity contribution in [2.75, 3.05) is 12.4 Å². The standard InChI is InChI=1S/C16H17NO4S/c1-10-8-9-22-14(10)16(19)21-11(2)15(18)17-12-6-4-5-7-13(12)20-3/h4-9,11H,1-3H3,(H,17,18)/t11-/m1/s1. The van der Waals surface area contributed by atoms with Crippen molar-refractivity contribution in [2.24, 2.45) is 0 Å². The highest BCUT2D eigenvalue weighted by Crippen LogP contribution is 2.23. The molecule has 5 nitrogen and oxygen atoms in total. The number of carbonyl (C=O) groups is 2. The van der Waals surface area contributed by atoms with Crippen LogP contribution in [0.1, 0.15) is 22.2 Å². The fourth-order valence-electron chi connectivity index (χ4n) is 1.83. The van der Waals surface area contributed by atoms with Gasteiger partial charge >= 0.3 is 5.97 Å². The number of amides is 1. The van der Waals surface area contributed by atoms with E-state index in [1.807, 2.05) is 18.4 Å². The van der Waals surface area contributed by atoms with Crippen LogP contribution < -0.4 is 10.1 Å². The highest BCUT2D eigenvalue weighted by Gasteiger charge is 2.21. The average molecular weight is 319 g/mol. The van der Waals surface area contributed by atoms with Crippen molar-refractivity contribution in [3.05, 3.63) is 46.2 Å². The Morgan fingerprint density at radius 3 is 2.59 bits per heavy atom. The van der Waals surface area contributed by atoms with Gasteiger partial charge in [-0.15, -0.1) is 11.3 Å². The number of anilines is 1. The fourth-order valence-corrected chi connectivity index (χ4v) is 2.64. The molecular weight excluding hydrogens is 302 g/mol. The zero-order valence-corrected chi connectivity index (χ0v) is 13.4. The molecule has 1 atom stereocenters. The molecular formula is C16H17NO4S. The summed E-state index contributed by atoms with van der Waals surface area (Å²) < 4.78 is 10.4. The lowest BCUT2D eigenvalue weighted by atomic mass is 10.2. The molecule has 0 spiro atoms. The van der Waals surface area contributed by atoms with E-state index >= 15 is 0 Å². The summed E-state index contributed by atoms with van der Waals surface area (Å²) in [7, 11) is 1.52. The van der Waals surface area contributed by atoms with Gasteiger partial charge < -0.3 is 14.8 Å². The molecule has 0 aliphatic heterocycles. The number of thiophene rings is 1. The second-order valence-electron chi connectivity index (χ2n) is 4.67. The second-order valence-corrected chi connectivity index (χ2v) is 5.59. The van der Waals surface area contributed by atoms with Gasteiger partial charge in [-0.3, -0.25) is 4.79 Å². The normalized spacial score (nSPS) is 11.6. The van der Waals surface area contributed by atoms with Crippen LogP contribution in [-0.2, 0) is 9.53 Å². The lowest BCUT2D eigenvalue weighted by molar-refractivity contribution is -0.123. The zero-order chi connectivity index (χ0) is 16.1. The summed E-state index contributed by atoms with van der Waals surface area (Å²) in [6.07, 6.45) is -0.904. The smallest absolute Gasteiger partial charge is 0.349 e. The number of methoxy groups -OCH3 is 1. The van der Waals surface area contributed by atoms with Crippen molar-refractivity contribution < 1.29 is 19.1 Å². The first-order valence-corrected chi connectivity index (χ1v) is 7.60. The van der Waals surface area contributed by atoms with Crippen molar-refractivity contribution in [3.63, 3.8) is 0 Å². The Balaban J connectivity index is 2.01. The molecule has 22 heavy (non-hydrogen) atoms. The highest BCUT2D eigenvalue weighted by molar-refractivity contribution is 7.12. The van der Waals surface area contributed by atoms with E-state index in [1.165, 1.54) is 25.4 Å². The van der Waals surface area contributed by atoms with Crippen LogP contribution in [0.15, 0.2) is 35.7 Å². The molecule has 1 heterocycles. The number of hydrogen-bond donors (Lipinski definition) is 1. The Bertz CT molecular complexity index is 680. The predicted octanol–water partition coefficient (Wildman–Crippen LogP) is 3.25. The minimum atomic E-state index is -0.904. The SMILES string of the molecule is COc1ccccc1NC(=O)[C@@H](C)OC(=O)c1sccc1C. The average Bonchev–Trinajstić information content (AvgIpc) is 2.93. The quantitative estimate of drug-likeness (QED) is 0.859. The van der Waals surface area contributed by atoms with Crippen LogP contribution >= 0.6 is 11.3 Å². The van der Waals surface area contributed by atoms with Gasteiger partial charge in [0, 0.05) is 0 Å². The third kappa shape index (κ3) is 3.65. The molecule has 0 aliphatic carbocycles. The number of ether oxygens (including phenoxy) is 2. The Hall–Kier alpha value is -2.34. The molecule has 116 valence electrons. The van der Waals surface area contributed by atoms with E-state index in [4.69, 9.17) is 9.47 Å². The number of carbonyl (C=O) groups excluding carboxylic acids is 2. The lowest BCUT2D eigenvalue weighted by Gasteiger charge is -2.15. The van der Waals surface area contributed by atoms with E-state index in [2.05, 4.69) is 5.32 Å². The lowest BCUT2D eigenvalue weighted by Crippen LogP contribution is -2.30. The van der Waals surface area contributed by atoms with E-state index in [0.717, 1.165) is 5.56 Å². The monoisotopic (exact) mass is 319 g/mol. The maximum atomic E-state index is 12.1. The van der Waals surface area contributed by atoms with Gasteiger partial charge in [0.2, 0.25) is 0 Å². The van der Waals surface area contributed by atoms with Crippen molar-refractivity contribution in [1.82, 2.24) is 0 Å². The third-order valence-corrected chi connectivity index (χ3v) is 4.06. The molecule has 0 fully saturated rings. The number of rotatable bonds is 5. The number of para-hydroxylation sites is 2. The number of benzene rings is 1. The summed E-state index contributed by atoms with van der Waals surface area (Å²) in [5.41, 5.74) is 1.37. The molecule has 0 aliphatic rings. The molecule has 0 saturated heterocycles. The summed E-state index contributed by atoms with van der Waals surface area (Å²) in [6.45, 7) is 3.36. The molecule has 2 aromatic rings. The summed E-state index contributed by atoms with van der Waals surface area (Å²) in [5.74, 6) is -0.356. The van der Waals surface area contributed by atoms with Crippen molar-refractivity contribution in [1.29, 1.82) is 0 Å². The van der Waals surface area contributed by atoms with E-state index in [-0.39, 0.29) is 0 Å². The predicted molar refractivity (Wildman–Crippen MR) is 85.6 cm³/mol. The van der Waals surface area contributed by atoms with Crippen LogP contribution in [0, 0.1) is 6.92 Å². The molecule has 0 radical (unpaired) electrons. The van der Waals surface area contributed by atoms with Gasteiger partial charge in [-0.05, 0) is 43.0 Å². The third-order valence-electron chi connectivity index (χ3n) is 3.07. The fraction of sp³-hybridized carbons (Fsp3) is 0.250. The van der Waals surface area contributed by atoms with Crippen LogP contribution in [0.3, 0.4) is 0 Å². The molecule has 0 saturated carbocycles. The van der Waals surface area contributed by atoms with E-state index < -0.39 is 18.0 Å². The minimum absolute atomic E-state index is 0.410. The topological polar surface area (TPSA) is 64.6 Å². The summed E-state index contributed by atoms with van der Waals surface area (Å²) in [5, 5.41) is 4.50. The molecule has 1 aromatic carbocycles. The van der Waals surface area contributed by atoms with Crippen LogP contribution in [0.25, 0.3) is 0 Å². The summed E-state index contributed by atoms with van der Waals surface area (Å²) in [6, 6.07) is 8.87. The van der Waals surface area contributed by atoms with Gasteiger partial charge in [-0.1, -0.05) is 12.1 Å². The van der Waals surface area contributed by atoms with Crippen LogP contribution in [0.5, 0.6) is 5.75 Å². The maximum absolute atomic E-state index is 12.1. The van der Waals surface area contributed by atoms with Crippen molar-refractivity contribution in [3.8, 4) is 5.75 Å². The van der Waals surface area contributed by atoms with Gasteiger partial charge in [0.25, 0.3) is 5.91 Å². The number of aryl methyl sites for hydroxylation is 1.